The Bertz CT molecular complexity index is 1160. The number of halogens is 3. The molecule has 0 unspecified atom stereocenters. The SMILES string of the molecule is O=C(Cc1ccc(-c2ccc3nccn3c2)cc1)Nc1cccc(C(F)(F)F)c1. The van der Waals surface area contributed by atoms with Crippen LogP contribution >= 0.6 is 0 Å². The summed E-state index contributed by atoms with van der Waals surface area (Å²) < 4.78 is 40.3. The molecule has 29 heavy (non-hydrogen) atoms. The summed E-state index contributed by atoms with van der Waals surface area (Å²) >= 11 is 0. The third-order valence-electron chi connectivity index (χ3n) is 4.51. The van der Waals surface area contributed by atoms with Gasteiger partial charge < -0.3 is 9.72 Å². The summed E-state index contributed by atoms with van der Waals surface area (Å²) in [5.41, 5.74) is 2.95. The van der Waals surface area contributed by atoms with E-state index in [1.165, 1.54) is 12.1 Å². The van der Waals surface area contributed by atoms with Crippen molar-refractivity contribution >= 4 is 17.2 Å². The standard InChI is InChI=1S/C22H16F3N3O/c23-22(24,25)18-2-1-3-19(13-18)27-21(29)12-15-4-6-16(7-5-15)17-8-9-20-26-10-11-28(20)14-17/h1-11,13-14H,12H2,(H,27,29). The van der Waals surface area contributed by atoms with E-state index < -0.39 is 11.7 Å². The van der Waals surface area contributed by atoms with Gasteiger partial charge in [-0.15, -0.1) is 0 Å². The molecule has 0 atom stereocenters. The van der Waals surface area contributed by atoms with Gasteiger partial charge >= 0.3 is 6.18 Å². The second-order valence-electron chi connectivity index (χ2n) is 6.61. The molecule has 0 aliphatic rings. The fourth-order valence-corrected chi connectivity index (χ4v) is 3.07. The predicted octanol–water partition coefficient (Wildman–Crippen LogP) is 5.20. The largest absolute Gasteiger partial charge is 0.416 e. The summed E-state index contributed by atoms with van der Waals surface area (Å²) in [6, 6.07) is 16.0. The molecule has 0 aliphatic carbocycles. The Morgan fingerprint density at radius 1 is 1.00 bits per heavy atom. The van der Waals surface area contributed by atoms with Crippen LogP contribution in [0.4, 0.5) is 18.9 Å². The highest BCUT2D eigenvalue weighted by Gasteiger charge is 2.30. The van der Waals surface area contributed by atoms with Crippen molar-refractivity contribution in [2.45, 2.75) is 12.6 Å². The quantitative estimate of drug-likeness (QED) is 0.516. The molecule has 0 aliphatic heterocycles. The van der Waals surface area contributed by atoms with Gasteiger partial charge in [-0.25, -0.2) is 4.98 Å². The molecule has 146 valence electrons. The Hall–Kier alpha value is -3.61. The lowest BCUT2D eigenvalue weighted by atomic mass is 10.0. The maximum atomic E-state index is 12.8. The van der Waals surface area contributed by atoms with Crippen LogP contribution in [0.1, 0.15) is 11.1 Å². The summed E-state index contributed by atoms with van der Waals surface area (Å²) in [7, 11) is 0. The summed E-state index contributed by atoms with van der Waals surface area (Å²) in [6.07, 6.45) is 1.18. The number of amides is 1. The number of nitrogens with zero attached hydrogens (tertiary/aromatic N) is 2. The third-order valence-corrected chi connectivity index (χ3v) is 4.51. The second kappa shape index (κ2) is 7.43. The third kappa shape index (κ3) is 4.29. The van der Waals surface area contributed by atoms with Gasteiger partial charge in [0, 0.05) is 24.3 Å². The number of anilines is 1. The van der Waals surface area contributed by atoms with Crippen molar-refractivity contribution in [2.75, 3.05) is 5.32 Å². The van der Waals surface area contributed by atoms with Gasteiger partial charge in [0.25, 0.3) is 0 Å². The first-order chi connectivity index (χ1) is 13.9. The topological polar surface area (TPSA) is 46.4 Å². The molecule has 0 spiro atoms. The van der Waals surface area contributed by atoms with Gasteiger partial charge in [0.05, 0.1) is 12.0 Å². The Kier molecular flexibility index (Phi) is 4.80. The first kappa shape index (κ1) is 18.7. The van der Waals surface area contributed by atoms with Gasteiger partial charge in [-0.05, 0) is 47.0 Å². The van der Waals surface area contributed by atoms with E-state index in [0.29, 0.717) is 0 Å². The van der Waals surface area contributed by atoms with E-state index in [1.807, 2.05) is 53.2 Å². The number of rotatable bonds is 4. The van der Waals surface area contributed by atoms with Gasteiger partial charge in [0.1, 0.15) is 5.65 Å². The lowest BCUT2D eigenvalue weighted by molar-refractivity contribution is -0.137. The number of pyridine rings is 1. The highest BCUT2D eigenvalue weighted by molar-refractivity contribution is 5.92. The number of nitrogens with one attached hydrogen (secondary N) is 1. The first-order valence-corrected chi connectivity index (χ1v) is 8.88. The number of imidazole rings is 1. The highest BCUT2D eigenvalue weighted by atomic mass is 19.4. The molecular weight excluding hydrogens is 379 g/mol. The highest BCUT2D eigenvalue weighted by Crippen LogP contribution is 2.30. The van der Waals surface area contributed by atoms with Gasteiger partial charge in [0.15, 0.2) is 0 Å². The molecule has 2 aromatic heterocycles. The minimum atomic E-state index is -4.45. The van der Waals surface area contributed by atoms with E-state index in [2.05, 4.69) is 10.3 Å². The molecular formula is C22H16F3N3O. The molecule has 0 bridgehead atoms. The molecule has 0 radical (unpaired) electrons. The number of aromatic nitrogens is 2. The molecule has 2 aromatic carbocycles. The normalized spacial score (nSPS) is 11.6. The summed E-state index contributed by atoms with van der Waals surface area (Å²) in [4.78, 5) is 16.4. The number of carbonyl (C=O) groups excluding carboxylic acids is 1. The van der Waals surface area contributed by atoms with E-state index in [0.717, 1.165) is 34.5 Å². The zero-order chi connectivity index (χ0) is 20.4. The molecule has 0 saturated heterocycles. The zero-order valence-corrected chi connectivity index (χ0v) is 15.1. The van der Waals surface area contributed by atoms with Crippen molar-refractivity contribution in [3.8, 4) is 11.1 Å². The lowest BCUT2D eigenvalue weighted by Crippen LogP contribution is -2.15. The van der Waals surface area contributed by atoms with Gasteiger partial charge in [-0.1, -0.05) is 30.3 Å². The van der Waals surface area contributed by atoms with E-state index in [9.17, 15) is 18.0 Å². The summed E-state index contributed by atoms with van der Waals surface area (Å²) in [5, 5.41) is 2.52. The van der Waals surface area contributed by atoms with Crippen LogP contribution in [0.25, 0.3) is 16.8 Å². The fourth-order valence-electron chi connectivity index (χ4n) is 3.07. The number of hydrogen-bond donors (Lipinski definition) is 1. The Morgan fingerprint density at radius 3 is 2.52 bits per heavy atom. The van der Waals surface area contributed by atoms with Crippen LogP contribution in [-0.2, 0) is 17.4 Å². The van der Waals surface area contributed by atoms with Crippen LogP contribution in [0.5, 0.6) is 0 Å². The van der Waals surface area contributed by atoms with E-state index >= 15 is 0 Å². The molecule has 4 aromatic rings. The van der Waals surface area contributed by atoms with Gasteiger partial charge in [0.2, 0.25) is 5.91 Å². The molecule has 1 N–H and O–H groups in total. The van der Waals surface area contributed by atoms with Crippen LogP contribution in [0.15, 0.2) is 79.3 Å². The zero-order valence-electron chi connectivity index (χ0n) is 15.1. The Balaban J connectivity index is 1.44. The van der Waals surface area contributed by atoms with Crippen molar-refractivity contribution in [2.24, 2.45) is 0 Å². The van der Waals surface area contributed by atoms with Crippen molar-refractivity contribution in [3.05, 3.63) is 90.4 Å². The smallest absolute Gasteiger partial charge is 0.326 e. The number of hydrogen-bond acceptors (Lipinski definition) is 2. The van der Waals surface area contributed by atoms with Crippen LogP contribution in [-0.4, -0.2) is 15.3 Å². The van der Waals surface area contributed by atoms with E-state index in [-0.39, 0.29) is 18.0 Å². The molecule has 2 heterocycles. The molecule has 0 saturated carbocycles. The summed E-state index contributed by atoms with van der Waals surface area (Å²) in [5.74, 6) is -0.378. The Morgan fingerprint density at radius 2 is 1.76 bits per heavy atom. The monoisotopic (exact) mass is 395 g/mol. The average molecular weight is 395 g/mol. The number of fused-ring (bicyclic) bond motifs is 1. The van der Waals surface area contributed by atoms with Crippen LogP contribution < -0.4 is 5.32 Å². The molecule has 1 amide bonds. The average Bonchev–Trinajstić information content (AvgIpc) is 3.16. The van der Waals surface area contributed by atoms with Crippen molar-refractivity contribution in [1.29, 1.82) is 0 Å². The summed E-state index contributed by atoms with van der Waals surface area (Å²) in [6.45, 7) is 0. The second-order valence-corrected chi connectivity index (χ2v) is 6.61. The maximum absolute atomic E-state index is 12.8. The minimum Gasteiger partial charge on any atom is -0.326 e. The van der Waals surface area contributed by atoms with Crippen molar-refractivity contribution < 1.29 is 18.0 Å². The van der Waals surface area contributed by atoms with Crippen LogP contribution in [0.2, 0.25) is 0 Å². The van der Waals surface area contributed by atoms with E-state index in [4.69, 9.17) is 0 Å². The number of carbonyl (C=O) groups is 1. The van der Waals surface area contributed by atoms with E-state index in [1.54, 1.807) is 6.20 Å². The maximum Gasteiger partial charge on any atom is 0.416 e. The number of benzene rings is 2. The van der Waals surface area contributed by atoms with Crippen LogP contribution in [0.3, 0.4) is 0 Å². The fraction of sp³-hybridized carbons (Fsp3) is 0.0909. The molecule has 0 fully saturated rings. The van der Waals surface area contributed by atoms with Crippen LogP contribution in [0, 0.1) is 0 Å². The molecule has 7 heteroatoms. The Labute approximate surface area is 164 Å². The van der Waals surface area contributed by atoms with Crippen molar-refractivity contribution in [1.82, 2.24) is 9.38 Å². The lowest BCUT2D eigenvalue weighted by Gasteiger charge is -2.10. The van der Waals surface area contributed by atoms with Gasteiger partial charge in [-0.3, -0.25) is 4.79 Å². The number of alkyl halides is 3. The molecule has 4 nitrogen and oxygen atoms in total. The minimum absolute atomic E-state index is 0.0665. The predicted molar refractivity (Wildman–Crippen MR) is 104 cm³/mol. The molecule has 4 rings (SSSR count). The first-order valence-electron chi connectivity index (χ1n) is 8.88. The van der Waals surface area contributed by atoms with Crippen molar-refractivity contribution in [3.63, 3.8) is 0 Å². The van der Waals surface area contributed by atoms with Gasteiger partial charge in [-0.2, -0.15) is 13.2 Å².